The molecule has 1 aromatic carbocycles. The lowest BCUT2D eigenvalue weighted by molar-refractivity contribution is 0.0796. The zero-order valence-electron chi connectivity index (χ0n) is 15.3. The molecule has 1 saturated carbocycles. The molecule has 0 amide bonds. The standard InChI is InChI=1S/C21H20N4O2/c1-20(2,26)15-9-6-12-25-17(15)23-24-18(25)21(10-11-21)19-22-13-16(27-19)14-7-4-3-5-8-14/h3-9,12-13,26H,10-11H2,1-2H3. The maximum absolute atomic E-state index is 10.4. The summed E-state index contributed by atoms with van der Waals surface area (Å²) in [6.07, 6.45) is 5.53. The quantitative estimate of drug-likeness (QED) is 0.601. The van der Waals surface area contributed by atoms with Crippen molar-refractivity contribution in [1.82, 2.24) is 19.6 Å². The van der Waals surface area contributed by atoms with Gasteiger partial charge in [0.15, 0.2) is 17.2 Å². The molecule has 0 bridgehead atoms. The molecular weight excluding hydrogens is 340 g/mol. The second-order valence-corrected chi connectivity index (χ2v) is 7.68. The Morgan fingerprint density at radius 1 is 1.07 bits per heavy atom. The minimum atomic E-state index is -0.993. The second kappa shape index (κ2) is 5.50. The van der Waals surface area contributed by atoms with Crippen molar-refractivity contribution < 1.29 is 9.52 Å². The van der Waals surface area contributed by atoms with Crippen molar-refractivity contribution in [3.63, 3.8) is 0 Å². The number of fused-ring (bicyclic) bond motifs is 1. The van der Waals surface area contributed by atoms with Gasteiger partial charge in [0.2, 0.25) is 5.89 Å². The van der Waals surface area contributed by atoms with Gasteiger partial charge in [0, 0.05) is 17.3 Å². The lowest BCUT2D eigenvalue weighted by atomic mass is 9.99. The molecule has 6 heteroatoms. The fourth-order valence-electron chi connectivity index (χ4n) is 3.61. The lowest BCUT2D eigenvalue weighted by Gasteiger charge is -2.18. The molecule has 0 atom stereocenters. The monoisotopic (exact) mass is 360 g/mol. The van der Waals surface area contributed by atoms with Crippen LogP contribution in [0.3, 0.4) is 0 Å². The van der Waals surface area contributed by atoms with E-state index in [1.807, 2.05) is 53.1 Å². The van der Waals surface area contributed by atoms with Gasteiger partial charge >= 0.3 is 0 Å². The molecular formula is C21H20N4O2. The Morgan fingerprint density at radius 3 is 2.56 bits per heavy atom. The number of aromatic nitrogens is 4. The minimum Gasteiger partial charge on any atom is -0.440 e. The Hall–Kier alpha value is -2.99. The van der Waals surface area contributed by atoms with Crippen LogP contribution in [0.25, 0.3) is 17.0 Å². The Bertz CT molecular complexity index is 1120. The molecule has 136 valence electrons. The molecule has 3 heterocycles. The fraction of sp³-hybridized carbons (Fsp3) is 0.286. The van der Waals surface area contributed by atoms with E-state index in [9.17, 15) is 5.11 Å². The summed E-state index contributed by atoms with van der Waals surface area (Å²) in [4.78, 5) is 4.56. The van der Waals surface area contributed by atoms with Gasteiger partial charge in [-0.25, -0.2) is 4.98 Å². The van der Waals surface area contributed by atoms with Gasteiger partial charge in [-0.1, -0.05) is 36.4 Å². The smallest absolute Gasteiger partial charge is 0.208 e. The van der Waals surface area contributed by atoms with Crippen LogP contribution in [-0.4, -0.2) is 24.7 Å². The average molecular weight is 360 g/mol. The molecule has 5 rings (SSSR count). The molecule has 1 N–H and O–H groups in total. The highest BCUT2D eigenvalue weighted by Gasteiger charge is 2.54. The Labute approximate surface area is 156 Å². The Morgan fingerprint density at radius 2 is 1.85 bits per heavy atom. The number of pyridine rings is 1. The van der Waals surface area contributed by atoms with E-state index in [0.29, 0.717) is 11.5 Å². The van der Waals surface area contributed by atoms with Crippen molar-refractivity contribution in [3.8, 4) is 11.3 Å². The van der Waals surface area contributed by atoms with Crippen LogP contribution in [0.4, 0.5) is 0 Å². The van der Waals surface area contributed by atoms with Crippen LogP contribution < -0.4 is 0 Å². The molecule has 0 aliphatic heterocycles. The summed E-state index contributed by atoms with van der Waals surface area (Å²) in [5, 5.41) is 19.3. The zero-order chi connectivity index (χ0) is 18.6. The van der Waals surface area contributed by atoms with E-state index >= 15 is 0 Å². The van der Waals surface area contributed by atoms with Crippen LogP contribution in [0.1, 0.15) is 44.0 Å². The molecule has 1 aliphatic carbocycles. The summed E-state index contributed by atoms with van der Waals surface area (Å²) in [7, 11) is 0. The first-order chi connectivity index (χ1) is 13.0. The molecule has 4 aromatic rings. The first kappa shape index (κ1) is 16.2. The third-order valence-corrected chi connectivity index (χ3v) is 5.25. The average Bonchev–Trinajstić information content (AvgIpc) is 3.12. The van der Waals surface area contributed by atoms with Gasteiger partial charge in [0.25, 0.3) is 0 Å². The Balaban J connectivity index is 1.60. The van der Waals surface area contributed by atoms with E-state index in [1.165, 1.54) is 0 Å². The molecule has 0 unspecified atom stereocenters. The topological polar surface area (TPSA) is 76.5 Å². The van der Waals surface area contributed by atoms with E-state index < -0.39 is 5.60 Å². The molecule has 3 aromatic heterocycles. The number of nitrogens with zero attached hydrogens (tertiary/aromatic N) is 4. The third kappa shape index (κ3) is 2.48. The van der Waals surface area contributed by atoms with Crippen molar-refractivity contribution in [3.05, 3.63) is 72.1 Å². The number of hydrogen-bond acceptors (Lipinski definition) is 5. The number of oxazole rings is 1. The minimum absolute atomic E-state index is 0.356. The van der Waals surface area contributed by atoms with Crippen molar-refractivity contribution in [1.29, 1.82) is 0 Å². The summed E-state index contributed by atoms with van der Waals surface area (Å²) < 4.78 is 8.08. The molecule has 0 saturated heterocycles. The number of hydrogen-bond donors (Lipinski definition) is 1. The Kier molecular flexibility index (Phi) is 3.30. The molecule has 6 nitrogen and oxygen atoms in total. The van der Waals surface area contributed by atoms with Crippen molar-refractivity contribution in [2.75, 3.05) is 0 Å². The van der Waals surface area contributed by atoms with Gasteiger partial charge in [0.05, 0.1) is 11.8 Å². The molecule has 0 radical (unpaired) electrons. The van der Waals surface area contributed by atoms with Gasteiger partial charge < -0.3 is 9.52 Å². The van der Waals surface area contributed by atoms with E-state index in [-0.39, 0.29) is 5.41 Å². The van der Waals surface area contributed by atoms with Crippen LogP contribution in [0, 0.1) is 0 Å². The lowest BCUT2D eigenvalue weighted by Crippen LogP contribution is -2.18. The SMILES string of the molecule is CC(C)(O)c1cccn2c(C3(c4ncc(-c5ccccc5)o4)CC3)nnc12. The summed E-state index contributed by atoms with van der Waals surface area (Å²) in [5.41, 5.74) is 1.07. The summed E-state index contributed by atoms with van der Waals surface area (Å²) >= 11 is 0. The van der Waals surface area contributed by atoms with Crippen molar-refractivity contribution >= 4 is 5.65 Å². The first-order valence-electron chi connectivity index (χ1n) is 9.08. The fourth-order valence-corrected chi connectivity index (χ4v) is 3.61. The molecule has 0 spiro atoms. The largest absolute Gasteiger partial charge is 0.440 e. The van der Waals surface area contributed by atoms with Crippen molar-refractivity contribution in [2.24, 2.45) is 0 Å². The van der Waals surface area contributed by atoms with Crippen LogP contribution >= 0.6 is 0 Å². The summed E-state index contributed by atoms with van der Waals surface area (Å²) in [6.45, 7) is 3.51. The normalized spacial score (nSPS) is 16.0. The zero-order valence-corrected chi connectivity index (χ0v) is 15.3. The molecule has 1 aliphatic rings. The van der Waals surface area contributed by atoms with Crippen LogP contribution in [0.15, 0.2) is 59.3 Å². The highest BCUT2D eigenvalue weighted by atomic mass is 16.4. The van der Waals surface area contributed by atoms with E-state index in [0.717, 1.165) is 35.6 Å². The van der Waals surface area contributed by atoms with Crippen molar-refractivity contribution in [2.45, 2.75) is 37.7 Å². The van der Waals surface area contributed by atoms with Crippen LogP contribution in [0.2, 0.25) is 0 Å². The number of benzene rings is 1. The summed E-state index contributed by atoms with van der Waals surface area (Å²) in [6, 6.07) is 13.7. The predicted octanol–water partition coefficient (Wildman–Crippen LogP) is 3.69. The number of aliphatic hydroxyl groups is 1. The third-order valence-electron chi connectivity index (χ3n) is 5.25. The summed E-state index contributed by atoms with van der Waals surface area (Å²) in [5.74, 6) is 2.23. The van der Waals surface area contributed by atoms with E-state index in [4.69, 9.17) is 4.42 Å². The molecule has 1 fully saturated rings. The van der Waals surface area contributed by atoms with Gasteiger partial charge in [-0.05, 0) is 32.8 Å². The van der Waals surface area contributed by atoms with Gasteiger partial charge in [-0.2, -0.15) is 0 Å². The van der Waals surface area contributed by atoms with E-state index in [1.54, 1.807) is 20.0 Å². The highest BCUT2D eigenvalue weighted by molar-refractivity contribution is 5.57. The highest BCUT2D eigenvalue weighted by Crippen LogP contribution is 2.53. The van der Waals surface area contributed by atoms with Crippen LogP contribution in [0.5, 0.6) is 0 Å². The first-order valence-corrected chi connectivity index (χ1v) is 9.08. The second-order valence-electron chi connectivity index (χ2n) is 7.68. The number of rotatable bonds is 4. The predicted molar refractivity (Wildman–Crippen MR) is 100 cm³/mol. The maximum Gasteiger partial charge on any atom is 0.208 e. The molecule has 27 heavy (non-hydrogen) atoms. The maximum atomic E-state index is 10.4. The van der Waals surface area contributed by atoms with Gasteiger partial charge in [-0.15, -0.1) is 10.2 Å². The van der Waals surface area contributed by atoms with E-state index in [2.05, 4.69) is 15.2 Å². The van der Waals surface area contributed by atoms with Gasteiger partial charge in [-0.3, -0.25) is 4.40 Å². The van der Waals surface area contributed by atoms with Crippen LogP contribution in [-0.2, 0) is 11.0 Å². The van der Waals surface area contributed by atoms with Gasteiger partial charge in [0.1, 0.15) is 5.41 Å².